The molecule has 0 radical (unpaired) electrons. The van der Waals surface area contributed by atoms with Crippen molar-refractivity contribution < 1.29 is 32.9 Å². The van der Waals surface area contributed by atoms with Crippen LogP contribution in [0.3, 0.4) is 0 Å². The quantitative estimate of drug-likeness (QED) is 0.0272. The number of likely N-dealkylation sites (N-methyl/N-ethyl adjacent to an activating group) is 1. The topological polar surface area (TPSA) is 108 Å². The second-order valence-electron chi connectivity index (χ2n) is 20.9. The van der Waals surface area contributed by atoms with Crippen LogP contribution in [0.1, 0.15) is 251 Å². The van der Waals surface area contributed by atoms with Gasteiger partial charge in [-0.15, -0.1) is 0 Å². The summed E-state index contributed by atoms with van der Waals surface area (Å²) in [6, 6.07) is -0.916. The number of carbonyl (C=O) groups is 1. The summed E-state index contributed by atoms with van der Waals surface area (Å²) in [4.78, 5) is 25.5. The summed E-state index contributed by atoms with van der Waals surface area (Å²) < 4.78 is 23.3. The Balaban J connectivity index is 4.28. The molecule has 8 nitrogen and oxygen atoms in total. The Morgan fingerprint density at radius 3 is 1.31 bits per heavy atom. The molecule has 9 heteroatoms. The largest absolute Gasteiger partial charge is 0.756 e. The smallest absolute Gasteiger partial charge is 0.268 e. The predicted octanol–water partition coefficient (Wildman–Crippen LogP) is 17.4. The molecule has 3 unspecified atom stereocenters. The number of carbonyl (C=O) groups excluding carboxylic acids is 1. The molecule has 71 heavy (non-hydrogen) atoms. The zero-order chi connectivity index (χ0) is 52.0. The Morgan fingerprint density at radius 1 is 0.507 bits per heavy atom. The van der Waals surface area contributed by atoms with Gasteiger partial charge >= 0.3 is 0 Å². The Kier molecular flexibility index (Phi) is 50.8. The normalized spacial score (nSPS) is 14.5. The molecule has 0 saturated carbocycles. The molecule has 0 aromatic rings. The van der Waals surface area contributed by atoms with Gasteiger partial charge in [0.25, 0.3) is 7.82 Å². The molecule has 2 N–H and O–H groups in total. The van der Waals surface area contributed by atoms with Gasteiger partial charge in [0.15, 0.2) is 0 Å². The van der Waals surface area contributed by atoms with Gasteiger partial charge in [-0.3, -0.25) is 9.36 Å². The van der Waals surface area contributed by atoms with E-state index in [1.54, 1.807) is 6.08 Å². The zero-order valence-electron chi connectivity index (χ0n) is 46.9. The molecular weight excluding hydrogens is 900 g/mol. The molecule has 0 rings (SSSR count). The molecule has 0 aliphatic heterocycles. The summed E-state index contributed by atoms with van der Waals surface area (Å²) in [7, 11) is 1.23. The van der Waals surface area contributed by atoms with Gasteiger partial charge in [0.05, 0.1) is 39.9 Å². The fourth-order valence-corrected chi connectivity index (χ4v) is 8.96. The summed E-state index contributed by atoms with van der Waals surface area (Å²) in [5, 5.41) is 13.9. The van der Waals surface area contributed by atoms with Crippen molar-refractivity contribution >= 4 is 13.7 Å². The van der Waals surface area contributed by atoms with Gasteiger partial charge in [-0.1, -0.05) is 247 Å². The molecule has 0 aromatic carbocycles. The van der Waals surface area contributed by atoms with Crippen molar-refractivity contribution in [3.05, 3.63) is 85.1 Å². The predicted molar refractivity (Wildman–Crippen MR) is 307 cm³/mol. The van der Waals surface area contributed by atoms with Crippen molar-refractivity contribution in [3.63, 3.8) is 0 Å². The highest BCUT2D eigenvalue weighted by Gasteiger charge is 2.23. The number of quaternary nitrogens is 1. The molecule has 0 fully saturated rings. The number of unbranched alkanes of at least 4 members (excludes halogenated alkanes) is 28. The number of hydrogen-bond acceptors (Lipinski definition) is 6. The van der Waals surface area contributed by atoms with Crippen LogP contribution in [0, 0.1) is 0 Å². The number of aliphatic hydroxyl groups is 1. The van der Waals surface area contributed by atoms with Crippen molar-refractivity contribution in [2.24, 2.45) is 0 Å². The lowest BCUT2D eigenvalue weighted by Gasteiger charge is -2.29. The maximum atomic E-state index is 13.0. The van der Waals surface area contributed by atoms with Crippen molar-refractivity contribution in [1.82, 2.24) is 5.32 Å². The molecule has 0 aliphatic rings. The molecule has 412 valence electrons. The molecule has 0 aliphatic carbocycles. The van der Waals surface area contributed by atoms with E-state index in [1.165, 1.54) is 161 Å². The molecule has 0 saturated heterocycles. The Hall–Kier alpha value is -2.32. The molecule has 0 bridgehead atoms. The van der Waals surface area contributed by atoms with E-state index in [9.17, 15) is 19.4 Å². The third-order valence-electron chi connectivity index (χ3n) is 12.8. The van der Waals surface area contributed by atoms with E-state index in [4.69, 9.17) is 9.05 Å². The van der Waals surface area contributed by atoms with Crippen LogP contribution in [0.25, 0.3) is 0 Å². The van der Waals surface area contributed by atoms with Gasteiger partial charge in [-0.25, -0.2) is 0 Å². The van der Waals surface area contributed by atoms with Crippen LogP contribution < -0.4 is 10.2 Å². The first kappa shape index (κ1) is 68.7. The fourth-order valence-electron chi connectivity index (χ4n) is 8.24. The summed E-state index contributed by atoms with van der Waals surface area (Å²) >= 11 is 0. The highest BCUT2D eigenvalue weighted by Crippen LogP contribution is 2.38. The Labute approximate surface area is 439 Å². The van der Waals surface area contributed by atoms with Crippen LogP contribution in [0.5, 0.6) is 0 Å². The van der Waals surface area contributed by atoms with Gasteiger partial charge in [0.2, 0.25) is 5.91 Å². The number of phosphoric acid groups is 1. The number of rotatable bonds is 53. The van der Waals surface area contributed by atoms with E-state index in [0.717, 1.165) is 70.6 Å². The highest BCUT2D eigenvalue weighted by molar-refractivity contribution is 7.45. The zero-order valence-corrected chi connectivity index (χ0v) is 47.8. The van der Waals surface area contributed by atoms with Crippen LogP contribution >= 0.6 is 7.82 Å². The van der Waals surface area contributed by atoms with E-state index in [-0.39, 0.29) is 12.5 Å². The lowest BCUT2D eigenvalue weighted by molar-refractivity contribution is -0.870. The van der Waals surface area contributed by atoms with Crippen molar-refractivity contribution in [2.45, 2.75) is 264 Å². The van der Waals surface area contributed by atoms with Crippen LogP contribution in [-0.4, -0.2) is 68.5 Å². The first-order chi connectivity index (χ1) is 34.5. The first-order valence-corrected chi connectivity index (χ1v) is 30.9. The van der Waals surface area contributed by atoms with Gasteiger partial charge in [0.1, 0.15) is 13.2 Å². The molecule has 0 spiro atoms. The van der Waals surface area contributed by atoms with E-state index in [2.05, 4.69) is 92.1 Å². The molecule has 0 aromatic heterocycles. The number of aliphatic hydroxyl groups excluding tert-OH is 1. The van der Waals surface area contributed by atoms with E-state index in [1.807, 2.05) is 27.2 Å². The monoisotopic (exact) mass is 1010 g/mol. The Morgan fingerprint density at radius 2 is 0.873 bits per heavy atom. The third kappa shape index (κ3) is 55.3. The van der Waals surface area contributed by atoms with Crippen LogP contribution in [0.15, 0.2) is 85.1 Å². The lowest BCUT2D eigenvalue weighted by Crippen LogP contribution is -2.45. The number of nitrogens with zero attached hydrogens (tertiary/aromatic N) is 1. The maximum absolute atomic E-state index is 13.0. The average molecular weight is 1010 g/mol. The van der Waals surface area contributed by atoms with Crippen molar-refractivity contribution in [3.8, 4) is 0 Å². The van der Waals surface area contributed by atoms with E-state index >= 15 is 0 Å². The average Bonchev–Trinajstić information content (AvgIpc) is 3.33. The third-order valence-corrected chi connectivity index (χ3v) is 13.8. The number of nitrogens with one attached hydrogen (secondary N) is 1. The summed E-state index contributed by atoms with van der Waals surface area (Å²) in [5.74, 6) is -0.215. The standard InChI is InChI=1S/C62H113N2O6P/c1-6-8-10-12-14-16-18-20-22-24-26-28-30-32-34-36-38-40-42-44-46-48-50-52-54-56-62(66)63-60(59-70-71(67,68)69-58-57-64(3,4)5)61(65)55-53-51-49-47-45-43-41-39-37-35-33-31-29-27-25-23-21-19-17-15-13-11-9-7-2/h8,10,14,16,20,22,26,28,37,39,45,47,53,55,60-61,65H,6-7,9,11-13,15,17-19,21,23-25,27,29-36,38,40-44,46,48-52,54,56-59H2,1-5H3,(H-,63,66,67,68)/b10-8-,16-14-,22-20-,28-26-,39-37+,47-45+,55-53+. The first-order valence-electron chi connectivity index (χ1n) is 29.4. The molecular formula is C62H113N2O6P. The number of amides is 1. The molecule has 0 heterocycles. The van der Waals surface area contributed by atoms with Crippen LogP contribution in [0.4, 0.5) is 0 Å². The second kappa shape index (κ2) is 52.5. The number of hydrogen-bond donors (Lipinski definition) is 2. The van der Waals surface area contributed by atoms with Crippen molar-refractivity contribution in [1.29, 1.82) is 0 Å². The van der Waals surface area contributed by atoms with E-state index < -0.39 is 26.6 Å². The Bertz CT molecular complexity index is 1430. The summed E-state index contributed by atoms with van der Waals surface area (Å²) in [6.45, 7) is 4.52. The minimum Gasteiger partial charge on any atom is -0.756 e. The van der Waals surface area contributed by atoms with Crippen molar-refractivity contribution in [2.75, 3.05) is 40.9 Å². The SMILES string of the molecule is CC/C=C\C/C=C\C/C=C\C/C=C\CCCCCCCCCCCCCCC(=O)NC(COP(=O)([O-])OCC[N+](C)(C)C)C(O)/C=C/CC/C=C/CC/C=C/CCCCCCCCCCCCCCCC. The van der Waals surface area contributed by atoms with Gasteiger partial charge in [-0.05, 0) is 83.5 Å². The maximum Gasteiger partial charge on any atom is 0.268 e. The number of allylic oxidation sites excluding steroid dienone is 13. The van der Waals surface area contributed by atoms with Crippen LogP contribution in [-0.2, 0) is 18.4 Å². The number of phosphoric ester groups is 1. The van der Waals surface area contributed by atoms with E-state index in [0.29, 0.717) is 17.4 Å². The minimum atomic E-state index is -4.62. The van der Waals surface area contributed by atoms with Gasteiger partial charge in [-0.2, -0.15) is 0 Å². The van der Waals surface area contributed by atoms with Gasteiger partial charge < -0.3 is 28.8 Å². The molecule has 1 amide bonds. The fraction of sp³-hybridized carbons (Fsp3) is 0.758. The highest BCUT2D eigenvalue weighted by atomic mass is 31.2. The minimum absolute atomic E-state index is 0.0126. The summed E-state index contributed by atoms with van der Waals surface area (Å²) in [5.41, 5.74) is 0. The second-order valence-corrected chi connectivity index (χ2v) is 22.4. The van der Waals surface area contributed by atoms with Gasteiger partial charge in [0, 0.05) is 6.42 Å². The molecule has 3 atom stereocenters. The lowest BCUT2D eigenvalue weighted by atomic mass is 10.0. The summed E-state index contributed by atoms with van der Waals surface area (Å²) in [6.07, 6.45) is 73.8. The van der Waals surface area contributed by atoms with Crippen LogP contribution in [0.2, 0.25) is 0 Å².